The first-order valence-electron chi connectivity index (χ1n) is 6.94. The molecule has 0 aliphatic heterocycles. The van der Waals surface area contributed by atoms with Crippen molar-refractivity contribution in [3.63, 3.8) is 0 Å². The van der Waals surface area contributed by atoms with Crippen LogP contribution in [-0.2, 0) is 11.3 Å². The summed E-state index contributed by atoms with van der Waals surface area (Å²) in [5.41, 5.74) is 1.11. The monoisotopic (exact) mass is 301 g/mol. The molecule has 0 aliphatic rings. The van der Waals surface area contributed by atoms with Crippen LogP contribution in [0, 0.1) is 0 Å². The molecule has 2 aromatic rings. The van der Waals surface area contributed by atoms with Crippen LogP contribution in [0.25, 0.3) is 0 Å². The standard InChI is InChI=1S/C17H19NO2S/c1-2-20-15-8-10-16(11-9-15)21-13-17(19)18-12-14-6-4-3-5-7-14/h3-11H,2,12-13H2,1H3,(H,18,19). The SMILES string of the molecule is CCOc1ccc(SCC(=O)NCc2ccccc2)cc1. The van der Waals surface area contributed by atoms with Crippen molar-refractivity contribution in [3.05, 3.63) is 60.2 Å². The Balaban J connectivity index is 1.73. The molecule has 0 unspecified atom stereocenters. The van der Waals surface area contributed by atoms with Crippen molar-refractivity contribution in [2.45, 2.75) is 18.4 Å². The lowest BCUT2D eigenvalue weighted by Crippen LogP contribution is -2.24. The highest BCUT2D eigenvalue weighted by molar-refractivity contribution is 8.00. The molecule has 0 spiro atoms. The molecule has 110 valence electrons. The second-order valence-electron chi connectivity index (χ2n) is 4.46. The number of hydrogen-bond donors (Lipinski definition) is 1. The third-order valence-electron chi connectivity index (χ3n) is 2.84. The van der Waals surface area contributed by atoms with E-state index in [-0.39, 0.29) is 5.91 Å². The first-order valence-corrected chi connectivity index (χ1v) is 7.93. The van der Waals surface area contributed by atoms with Crippen molar-refractivity contribution in [2.75, 3.05) is 12.4 Å². The van der Waals surface area contributed by atoms with E-state index < -0.39 is 0 Å². The number of hydrogen-bond acceptors (Lipinski definition) is 3. The lowest BCUT2D eigenvalue weighted by atomic mass is 10.2. The quantitative estimate of drug-likeness (QED) is 0.796. The maximum absolute atomic E-state index is 11.8. The minimum absolute atomic E-state index is 0.0396. The molecular formula is C17H19NO2S. The summed E-state index contributed by atoms with van der Waals surface area (Å²) in [5.74, 6) is 1.31. The van der Waals surface area contributed by atoms with Crippen LogP contribution in [0.2, 0.25) is 0 Å². The highest BCUT2D eigenvalue weighted by Gasteiger charge is 2.03. The van der Waals surface area contributed by atoms with Gasteiger partial charge in [-0.2, -0.15) is 0 Å². The van der Waals surface area contributed by atoms with Crippen molar-refractivity contribution >= 4 is 17.7 Å². The van der Waals surface area contributed by atoms with Gasteiger partial charge in [-0.15, -0.1) is 11.8 Å². The van der Waals surface area contributed by atoms with E-state index in [0.29, 0.717) is 18.9 Å². The predicted molar refractivity (Wildman–Crippen MR) is 86.6 cm³/mol. The molecule has 0 radical (unpaired) electrons. The summed E-state index contributed by atoms with van der Waals surface area (Å²) >= 11 is 1.52. The van der Waals surface area contributed by atoms with Gasteiger partial charge >= 0.3 is 0 Å². The van der Waals surface area contributed by atoms with Gasteiger partial charge < -0.3 is 10.1 Å². The minimum atomic E-state index is 0.0396. The predicted octanol–water partition coefficient (Wildman–Crippen LogP) is 3.49. The van der Waals surface area contributed by atoms with Gasteiger partial charge in [0.1, 0.15) is 5.75 Å². The fraction of sp³-hybridized carbons (Fsp3) is 0.235. The van der Waals surface area contributed by atoms with Gasteiger partial charge in [0.2, 0.25) is 5.91 Å². The molecule has 0 atom stereocenters. The maximum Gasteiger partial charge on any atom is 0.230 e. The summed E-state index contributed by atoms with van der Waals surface area (Å²) in [7, 11) is 0. The number of carbonyl (C=O) groups excluding carboxylic acids is 1. The third kappa shape index (κ3) is 5.52. The van der Waals surface area contributed by atoms with Crippen LogP contribution >= 0.6 is 11.8 Å². The van der Waals surface area contributed by atoms with E-state index in [9.17, 15) is 4.79 Å². The van der Waals surface area contributed by atoms with Crippen LogP contribution < -0.4 is 10.1 Å². The fourth-order valence-corrected chi connectivity index (χ4v) is 2.52. The molecule has 2 rings (SSSR count). The zero-order valence-electron chi connectivity index (χ0n) is 12.0. The molecule has 0 aromatic heterocycles. The van der Waals surface area contributed by atoms with Crippen molar-refractivity contribution in [2.24, 2.45) is 0 Å². The molecule has 1 amide bonds. The molecule has 1 N–H and O–H groups in total. The highest BCUT2D eigenvalue weighted by Crippen LogP contribution is 2.21. The van der Waals surface area contributed by atoms with E-state index in [1.807, 2.05) is 61.5 Å². The van der Waals surface area contributed by atoms with Gasteiger partial charge in [0.05, 0.1) is 12.4 Å². The summed E-state index contributed by atoms with van der Waals surface area (Å²) in [6, 6.07) is 17.7. The molecule has 4 heteroatoms. The summed E-state index contributed by atoms with van der Waals surface area (Å²) < 4.78 is 5.39. The van der Waals surface area contributed by atoms with Gasteiger partial charge in [0.25, 0.3) is 0 Å². The van der Waals surface area contributed by atoms with Crippen LogP contribution in [-0.4, -0.2) is 18.3 Å². The molecular weight excluding hydrogens is 282 g/mol. The minimum Gasteiger partial charge on any atom is -0.494 e. The van der Waals surface area contributed by atoms with E-state index in [1.165, 1.54) is 11.8 Å². The van der Waals surface area contributed by atoms with E-state index in [1.54, 1.807) is 0 Å². The topological polar surface area (TPSA) is 38.3 Å². The van der Waals surface area contributed by atoms with Crippen LogP contribution in [0.3, 0.4) is 0 Å². The van der Waals surface area contributed by atoms with E-state index in [2.05, 4.69) is 5.32 Å². The average molecular weight is 301 g/mol. The lowest BCUT2D eigenvalue weighted by molar-refractivity contribution is -0.118. The van der Waals surface area contributed by atoms with Crippen molar-refractivity contribution in [1.29, 1.82) is 0 Å². The number of benzene rings is 2. The van der Waals surface area contributed by atoms with Gasteiger partial charge in [-0.05, 0) is 36.8 Å². The molecule has 0 saturated heterocycles. The number of nitrogens with one attached hydrogen (secondary N) is 1. The highest BCUT2D eigenvalue weighted by atomic mass is 32.2. The Kier molecular flexibility index (Phi) is 6.16. The molecule has 21 heavy (non-hydrogen) atoms. The summed E-state index contributed by atoms with van der Waals surface area (Å²) in [6.45, 7) is 3.19. The Morgan fingerprint density at radius 1 is 1.10 bits per heavy atom. The smallest absolute Gasteiger partial charge is 0.230 e. The first-order chi connectivity index (χ1) is 10.3. The largest absolute Gasteiger partial charge is 0.494 e. The summed E-state index contributed by atoms with van der Waals surface area (Å²) in [6.07, 6.45) is 0. The molecule has 2 aromatic carbocycles. The Morgan fingerprint density at radius 2 is 1.81 bits per heavy atom. The van der Waals surface area contributed by atoms with Crippen LogP contribution in [0.1, 0.15) is 12.5 Å². The summed E-state index contributed by atoms with van der Waals surface area (Å²) in [4.78, 5) is 12.9. The second-order valence-corrected chi connectivity index (χ2v) is 5.50. The normalized spacial score (nSPS) is 10.1. The van der Waals surface area contributed by atoms with Crippen molar-refractivity contribution in [3.8, 4) is 5.75 Å². The Bertz CT molecular complexity index is 555. The van der Waals surface area contributed by atoms with Crippen molar-refractivity contribution in [1.82, 2.24) is 5.32 Å². The lowest BCUT2D eigenvalue weighted by Gasteiger charge is -2.06. The summed E-state index contributed by atoms with van der Waals surface area (Å²) in [5, 5.41) is 2.92. The zero-order chi connectivity index (χ0) is 14.9. The molecule has 0 bridgehead atoms. The van der Waals surface area contributed by atoms with Crippen molar-refractivity contribution < 1.29 is 9.53 Å². The van der Waals surface area contributed by atoms with Gasteiger partial charge in [-0.3, -0.25) is 4.79 Å². The van der Waals surface area contributed by atoms with Gasteiger partial charge in [-0.1, -0.05) is 30.3 Å². The molecule has 3 nitrogen and oxygen atoms in total. The van der Waals surface area contributed by atoms with Crippen LogP contribution in [0.5, 0.6) is 5.75 Å². The number of carbonyl (C=O) groups is 1. The third-order valence-corrected chi connectivity index (χ3v) is 3.85. The number of ether oxygens (including phenoxy) is 1. The van der Waals surface area contributed by atoms with E-state index in [4.69, 9.17) is 4.74 Å². The zero-order valence-corrected chi connectivity index (χ0v) is 12.9. The second kappa shape index (κ2) is 8.37. The molecule has 0 heterocycles. The molecule has 0 saturated carbocycles. The maximum atomic E-state index is 11.8. The Hall–Kier alpha value is -1.94. The fourth-order valence-electron chi connectivity index (χ4n) is 1.80. The Morgan fingerprint density at radius 3 is 2.48 bits per heavy atom. The van der Waals surface area contributed by atoms with Gasteiger partial charge in [0, 0.05) is 11.4 Å². The van der Waals surface area contributed by atoms with Crippen LogP contribution in [0.4, 0.5) is 0 Å². The van der Waals surface area contributed by atoms with Gasteiger partial charge in [-0.25, -0.2) is 0 Å². The number of amides is 1. The molecule has 0 fully saturated rings. The van der Waals surface area contributed by atoms with Crippen LogP contribution in [0.15, 0.2) is 59.5 Å². The average Bonchev–Trinajstić information content (AvgIpc) is 2.53. The van der Waals surface area contributed by atoms with Gasteiger partial charge in [0.15, 0.2) is 0 Å². The Labute approximate surface area is 129 Å². The number of thioether (sulfide) groups is 1. The number of rotatable bonds is 7. The molecule has 0 aliphatic carbocycles. The van der Waals surface area contributed by atoms with E-state index >= 15 is 0 Å². The van der Waals surface area contributed by atoms with E-state index in [0.717, 1.165) is 16.2 Å². The first kappa shape index (κ1) is 15.4.